The van der Waals surface area contributed by atoms with Crippen molar-refractivity contribution >= 4 is 28.4 Å². The van der Waals surface area contributed by atoms with Crippen molar-refractivity contribution in [2.24, 2.45) is 0 Å². The lowest BCUT2D eigenvalue weighted by atomic mass is 10.0. The molecule has 0 aromatic carbocycles. The SMILES string of the molecule is Cc1cn([C@@H]2O[C@@]3(CO)CO[C@H]2C3I)c(=O)nc1N. The molecule has 8 heteroatoms. The summed E-state index contributed by atoms with van der Waals surface area (Å²) >= 11 is 2.20. The minimum Gasteiger partial charge on any atom is -0.393 e. The van der Waals surface area contributed by atoms with Gasteiger partial charge in [-0.05, 0) is 6.92 Å². The first-order valence-corrected chi connectivity index (χ1v) is 7.13. The van der Waals surface area contributed by atoms with Crippen molar-refractivity contribution in [2.75, 3.05) is 18.9 Å². The summed E-state index contributed by atoms with van der Waals surface area (Å²) in [6.45, 7) is 1.98. The Kier molecular flexibility index (Phi) is 3.08. The van der Waals surface area contributed by atoms with Gasteiger partial charge in [-0.25, -0.2) is 4.79 Å². The van der Waals surface area contributed by atoms with Gasteiger partial charge in [0.25, 0.3) is 0 Å². The number of aliphatic hydroxyl groups is 1. The Balaban J connectivity index is 2.02. The zero-order valence-corrected chi connectivity index (χ0v) is 12.4. The lowest BCUT2D eigenvalue weighted by Crippen LogP contribution is -2.43. The Labute approximate surface area is 122 Å². The number of nitrogens with zero attached hydrogens (tertiary/aromatic N) is 2. The van der Waals surface area contributed by atoms with Crippen LogP contribution in [-0.4, -0.2) is 43.5 Å². The molecule has 0 radical (unpaired) electrons. The zero-order valence-electron chi connectivity index (χ0n) is 10.2. The zero-order chi connectivity index (χ0) is 13.8. The number of aromatic nitrogens is 2. The minimum atomic E-state index is -0.732. The lowest BCUT2D eigenvalue weighted by Gasteiger charge is -2.30. The molecule has 3 rings (SSSR count). The number of alkyl halides is 1. The highest BCUT2D eigenvalue weighted by Crippen LogP contribution is 2.48. The van der Waals surface area contributed by atoms with Crippen LogP contribution < -0.4 is 11.4 Å². The van der Waals surface area contributed by atoms with Gasteiger partial charge in [0, 0.05) is 11.8 Å². The number of aryl methyl sites for hydroxylation is 1. The molecule has 2 fully saturated rings. The quantitative estimate of drug-likeness (QED) is 0.536. The van der Waals surface area contributed by atoms with E-state index in [1.165, 1.54) is 4.57 Å². The monoisotopic (exact) mass is 379 g/mol. The molecule has 19 heavy (non-hydrogen) atoms. The summed E-state index contributed by atoms with van der Waals surface area (Å²) < 4.78 is 12.9. The van der Waals surface area contributed by atoms with Gasteiger partial charge in [0.1, 0.15) is 17.5 Å². The number of anilines is 1. The van der Waals surface area contributed by atoms with Crippen LogP contribution >= 0.6 is 22.6 Å². The van der Waals surface area contributed by atoms with E-state index < -0.39 is 17.5 Å². The van der Waals surface area contributed by atoms with E-state index in [2.05, 4.69) is 27.6 Å². The minimum absolute atomic E-state index is 0.00939. The predicted octanol–water partition coefficient (Wildman–Crippen LogP) is -0.404. The summed E-state index contributed by atoms with van der Waals surface area (Å²) in [6, 6.07) is 0. The third-order valence-corrected chi connectivity index (χ3v) is 5.51. The molecule has 0 aliphatic carbocycles. The first kappa shape index (κ1) is 13.3. The van der Waals surface area contributed by atoms with Crippen molar-refractivity contribution in [2.45, 2.75) is 28.8 Å². The molecular weight excluding hydrogens is 365 g/mol. The first-order valence-electron chi connectivity index (χ1n) is 5.88. The predicted molar refractivity (Wildman–Crippen MR) is 75.1 cm³/mol. The van der Waals surface area contributed by atoms with Crippen LogP contribution in [-0.2, 0) is 9.47 Å². The second kappa shape index (κ2) is 4.40. The third kappa shape index (κ3) is 1.81. The Morgan fingerprint density at radius 2 is 2.47 bits per heavy atom. The van der Waals surface area contributed by atoms with Gasteiger partial charge in [-0.2, -0.15) is 4.98 Å². The summed E-state index contributed by atoms with van der Waals surface area (Å²) in [5.74, 6) is 0.216. The highest BCUT2D eigenvalue weighted by Gasteiger charge is 2.61. The van der Waals surface area contributed by atoms with Gasteiger partial charge < -0.3 is 20.3 Å². The summed E-state index contributed by atoms with van der Waals surface area (Å²) in [5.41, 5.74) is 5.11. The molecule has 0 amide bonds. The maximum absolute atomic E-state index is 11.9. The van der Waals surface area contributed by atoms with Crippen LogP contribution in [0.25, 0.3) is 0 Å². The average molecular weight is 379 g/mol. The fourth-order valence-corrected chi connectivity index (χ4v) is 3.57. The Hall–Kier alpha value is -0.710. The van der Waals surface area contributed by atoms with Crippen molar-refractivity contribution in [3.8, 4) is 0 Å². The topological polar surface area (TPSA) is 99.6 Å². The number of aliphatic hydroxyl groups excluding tert-OH is 1. The van der Waals surface area contributed by atoms with E-state index in [1.807, 2.05) is 0 Å². The molecule has 0 spiro atoms. The number of hydrogen-bond donors (Lipinski definition) is 2. The van der Waals surface area contributed by atoms with Crippen LogP contribution in [0.4, 0.5) is 5.82 Å². The smallest absolute Gasteiger partial charge is 0.351 e. The summed E-state index contributed by atoms with van der Waals surface area (Å²) in [5, 5.41) is 9.51. The molecule has 2 aliphatic heterocycles. The summed E-state index contributed by atoms with van der Waals surface area (Å²) in [4.78, 5) is 15.7. The largest absolute Gasteiger partial charge is 0.393 e. The number of ether oxygens (including phenoxy) is 2. The van der Waals surface area contributed by atoms with E-state index in [0.717, 1.165) is 0 Å². The maximum atomic E-state index is 11.9. The molecule has 0 saturated carbocycles. The highest BCUT2D eigenvalue weighted by atomic mass is 127. The van der Waals surface area contributed by atoms with Crippen molar-refractivity contribution in [3.05, 3.63) is 22.2 Å². The molecule has 2 aliphatic rings. The van der Waals surface area contributed by atoms with Crippen LogP contribution in [0.5, 0.6) is 0 Å². The fourth-order valence-electron chi connectivity index (χ4n) is 2.48. The number of fused-ring (bicyclic) bond motifs is 2. The molecular formula is C11H14IN3O4. The van der Waals surface area contributed by atoms with Gasteiger partial charge >= 0.3 is 5.69 Å². The van der Waals surface area contributed by atoms with E-state index in [9.17, 15) is 9.90 Å². The fraction of sp³-hybridized carbons (Fsp3) is 0.636. The van der Waals surface area contributed by atoms with Gasteiger partial charge in [-0.3, -0.25) is 4.57 Å². The number of hydrogen-bond acceptors (Lipinski definition) is 6. The molecule has 3 N–H and O–H groups in total. The van der Waals surface area contributed by atoms with Gasteiger partial charge in [0.2, 0.25) is 0 Å². The average Bonchev–Trinajstić information content (AvgIpc) is 2.85. The van der Waals surface area contributed by atoms with Crippen LogP contribution in [0, 0.1) is 6.92 Å². The molecule has 4 atom stereocenters. The standard InChI is InChI=1S/C11H14IN3O4/c1-5-2-15(10(17)14-8(5)13)9-6-7(12)11(3-16,19-9)4-18-6/h2,6-7,9,16H,3-4H2,1H3,(H2,13,14,17)/t6-,7?,9+,11-/m0/s1. The molecule has 2 bridgehead atoms. The lowest BCUT2D eigenvalue weighted by molar-refractivity contribution is -0.184. The van der Waals surface area contributed by atoms with Crippen LogP contribution in [0.2, 0.25) is 0 Å². The molecule has 2 saturated heterocycles. The Morgan fingerprint density at radius 3 is 3.11 bits per heavy atom. The first-order chi connectivity index (χ1) is 8.98. The maximum Gasteiger partial charge on any atom is 0.351 e. The van der Waals surface area contributed by atoms with Gasteiger partial charge in [0.15, 0.2) is 6.23 Å². The van der Waals surface area contributed by atoms with Crippen molar-refractivity contribution in [1.29, 1.82) is 0 Å². The van der Waals surface area contributed by atoms with E-state index >= 15 is 0 Å². The van der Waals surface area contributed by atoms with Crippen molar-refractivity contribution < 1.29 is 14.6 Å². The van der Waals surface area contributed by atoms with Crippen LogP contribution in [0.15, 0.2) is 11.0 Å². The molecule has 104 valence electrons. The van der Waals surface area contributed by atoms with Crippen molar-refractivity contribution in [1.82, 2.24) is 9.55 Å². The number of rotatable bonds is 2. The normalized spacial score (nSPS) is 36.9. The molecule has 3 heterocycles. The molecule has 7 nitrogen and oxygen atoms in total. The second-order valence-electron chi connectivity index (χ2n) is 4.91. The van der Waals surface area contributed by atoms with Crippen LogP contribution in [0.3, 0.4) is 0 Å². The third-order valence-electron chi connectivity index (χ3n) is 3.66. The number of halogens is 1. The van der Waals surface area contributed by atoms with Gasteiger partial charge in [0.05, 0.1) is 17.1 Å². The summed E-state index contributed by atoms with van der Waals surface area (Å²) in [6.07, 6.45) is 0.783. The number of nitrogen functional groups attached to an aromatic ring is 1. The second-order valence-corrected chi connectivity index (χ2v) is 6.25. The van der Waals surface area contributed by atoms with Crippen LogP contribution in [0.1, 0.15) is 11.8 Å². The van der Waals surface area contributed by atoms with Gasteiger partial charge in [-0.1, -0.05) is 22.6 Å². The van der Waals surface area contributed by atoms with Gasteiger partial charge in [-0.15, -0.1) is 0 Å². The summed E-state index contributed by atoms with van der Waals surface area (Å²) in [7, 11) is 0. The highest BCUT2D eigenvalue weighted by molar-refractivity contribution is 14.1. The Bertz CT molecular complexity index is 578. The van der Waals surface area contributed by atoms with Crippen molar-refractivity contribution in [3.63, 3.8) is 0 Å². The molecule has 1 aromatic rings. The van der Waals surface area contributed by atoms with E-state index in [-0.39, 0.29) is 22.5 Å². The molecule has 1 aromatic heterocycles. The van der Waals surface area contributed by atoms with E-state index in [4.69, 9.17) is 15.2 Å². The molecule has 1 unspecified atom stereocenters. The van der Waals surface area contributed by atoms with E-state index in [1.54, 1.807) is 13.1 Å². The van der Waals surface area contributed by atoms with E-state index in [0.29, 0.717) is 12.2 Å². The Morgan fingerprint density at radius 1 is 1.74 bits per heavy atom. The number of nitrogens with two attached hydrogens (primary N) is 1.